The summed E-state index contributed by atoms with van der Waals surface area (Å²) in [6.45, 7) is -0.298. The van der Waals surface area contributed by atoms with Gasteiger partial charge in [0.25, 0.3) is 5.89 Å². The van der Waals surface area contributed by atoms with Crippen LogP contribution in [0.15, 0.2) is 64.8 Å². The van der Waals surface area contributed by atoms with E-state index in [1.165, 1.54) is 23.5 Å². The molecule has 4 rings (SSSR count). The monoisotopic (exact) mass is 419 g/mol. The van der Waals surface area contributed by atoms with E-state index >= 15 is 0 Å². The Morgan fingerprint density at radius 1 is 1.17 bits per heavy atom. The van der Waals surface area contributed by atoms with Crippen LogP contribution < -0.4 is 0 Å². The lowest BCUT2D eigenvalue weighted by Crippen LogP contribution is -2.06. The van der Waals surface area contributed by atoms with Gasteiger partial charge in [-0.2, -0.15) is 18.2 Å². The first-order chi connectivity index (χ1) is 13.9. The van der Waals surface area contributed by atoms with Gasteiger partial charge in [-0.05, 0) is 35.7 Å². The number of hydrogen-bond acceptors (Lipinski definition) is 6. The SMILES string of the molecule is O=C(OCc1nc(-c2cccc(C(F)(F)F)c2)no1)c1sccc1-n1cccc1. The largest absolute Gasteiger partial charge is 0.451 e. The van der Waals surface area contributed by atoms with Crippen LogP contribution in [0.4, 0.5) is 13.2 Å². The number of halogens is 3. The number of esters is 1. The minimum atomic E-state index is -4.48. The van der Waals surface area contributed by atoms with Gasteiger partial charge in [-0.25, -0.2) is 4.79 Å². The van der Waals surface area contributed by atoms with Crippen LogP contribution in [0.1, 0.15) is 21.1 Å². The normalized spacial score (nSPS) is 11.6. The summed E-state index contributed by atoms with van der Waals surface area (Å²) in [4.78, 5) is 16.8. The maximum atomic E-state index is 12.8. The molecule has 29 heavy (non-hydrogen) atoms. The molecule has 4 aromatic rings. The number of ether oxygens (including phenoxy) is 1. The lowest BCUT2D eigenvalue weighted by molar-refractivity contribution is -0.137. The topological polar surface area (TPSA) is 70.2 Å². The van der Waals surface area contributed by atoms with Crippen LogP contribution in [0.2, 0.25) is 0 Å². The second kappa shape index (κ2) is 7.55. The first kappa shape index (κ1) is 18.9. The number of carbonyl (C=O) groups excluding carboxylic acids is 1. The highest BCUT2D eigenvalue weighted by Gasteiger charge is 2.30. The van der Waals surface area contributed by atoms with Crippen LogP contribution in [-0.4, -0.2) is 20.7 Å². The van der Waals surface area contributed by atoms with Gasteiger partial charge in [-0.3, -0.25) is 0 Å². The van der Waals surface area contributed by atoms with E-state index in [0.717, 1.165) is 12.1 Å². The van der Waals surface area contributed by atoms with Crippen molar-refractivity contribution in [3.05, 3.63) is 76.6 Å². The van der Waals surface area contributed by atoms with Crippen molar-refractivity contribution >= 4 is 17.3 Å². The zero-order valence-corrected chi connectivity index (χ0v) is 15.4. The standard InChI is InChI=1S/C19H12F3N3O3S/c20-19(21,22)13-5-3-4-12(10-13)17-23-15(28-24-17)11-27-18(26)16-14(6-9-29-16)25-7-1-2-8-25/h1-10H,11H2. The summed E-state index contributed by atoms with van der Waals surface area (Å²) in [5.41, 5.74) is 0.0116. The van der Waals surface area contributed by atoms with Crippen LogP contribution in [0.25, 0.3) is 17.1 Å². The van der Waals surface area contributed by atoms with Crippen molar-refractivity contribution in [2.75, 3.05) is 0 Å². The first-order valence-corrected chi connectivity index (χ1v) is 9.18. The molecule has 0 aliphatic rings. The number of alkyl halides is 3. The van der Waals surface area contributed by atoms with Crippen LogP contribution in [0.5, 0.6) is 0 Å². The van der Waals surface area contributed by atoms with Crippen molar-refractivity contribution in [1.29, 1.82) is 0 Å². The molecule has 148 valence electrons. The number of aromatic nitrogens is 3. The van der Waals surface area contributed by atoms with Gasteiger partial charge in [0.2, 0.25) is 5.82 Å². The van der Waals surface area contributed by atoms with Crippen molar-refractivity contribution in [1.82, 2.24) is 14.7 Å². The summed E-state index contributed by atoms with van der Waals surface area (Å²) in [5, 5.41) is 5.43. The highest BCUT2D eigenvalue weighted by atomic mass is 32.1. The second-order valence-corrected chi connectivity index (χ2v) is 6.81. The Labute approximate surface area is 166 Å². The summed E-state index contributed by atoms with van der Waals surface area (Å²) >= 11 is 1.23. The van der Waals surface area contributed by atoms with E-state index in [-0.39, 0.29) is 23.9 Å². The fourth-order valence-electron chi connectivity index (χ4n) is 2.61. The molecular formula is C19H12F3N3O3S. The molecule has 0 unspecified atom stereocenters. The molecule has 0 aliphatic carbocycles. The van der Waals surface area contributed by atoms with Crippen molar-refractivity contribution in [2.45, 2.75) is 12.8 Å². The average Bonchev–Trinajstić information content (AvgIpc) is 3.46. The summed E-state index contributed by atoms with van der Waals surface area (Å²) in [5.74, 6) is -0.612. The molecule has 0 radical (unpaired) electrons. The van der Waals surface area contributed by atoms with Crippen molar-refractivity contribution in [3.8, 4) is 17.1 Å². The Bertz CT molecular complexity index is 1130. The lowest BCUT2D eigenvalue weighted by Gasteiger charge is -2.06. The third kappa shape index (κ3) is 4.06. The molecule has 10 heteroatoms. The Morgan fingerprint density at radius 3 is 2.72 bits per heavy atom. The fraction of sp³-hybridized carbons (Fsp3) is 0.105. The van der Waals surface area contributed by atoms with Gasteiger partial charge in [0.1, 0.15) is 4.88 Å². The van der Waals surface area contributed by atoms with Gasteiger partial charge in [0, 0.05) is 18.0 Å². The molecule has 0 spiro atoms. The Kier molecular flexibility index (Phi) is 4.93. The summed E-state index contributed by atoms with van der Waals surface area (Å²) < 4.78 is 50.5. The Balaban J connectivity index is 1.46. The summed E-state index contributed by atoms with van der Waals surface area (Å²) in [6.07, 6.45) is -0.868. The highest BCUT2D eigenvalue weighted by molar-refractivity contribution is 7.12. The lowest BCUT2D eigenvalue weighted by atomic mass is 10.1. The molecule has 3 heterocycles. The predicted octanol–water partition coefficient (Wildman–Crippen LogP) is 4.96. The van der Waals surface area contributed by atoms with E-state index in [0.29, 0.717) is 10.6 Å². The smallest absolute Gasteiger partial charge is 0.416 e. The van der Waals surface area contributed by atoms with Crippen LogP contribution in [0, 0.1) is 0 Å². The van der Waals surface area contributed by atoms with Crippen LogP contribution in [0.3, 0.4) is 0 Å². The molecule has 0 atom stereocenters. The summed E-state index contributed by atoms with van der Waals surface area (Å²) in [7, 11) is 0. The number of benzene rings is 1. The number of thiophene rings is 1. The third-order valence-corrected chi connectivity index (χ3v) is 4.84. The first-order valence-electron chi connectivity index (χ1n) is 8.30. The Hall–Kier alpha value is -3.40. The number of carbonyl (C=O) groups is 1. The third-order valence-electron chi connectivity index (χ3n) is 3.96. The van der Waals surface area contributed by atoms with Gasteiger partial charge in [0.05, 0.1) is 11.3 Å². The maximum absolute atomic E-state index is 12.8. The molecule has 0 saturated carbocycles. The molecule has 0 amide bonds. The molecule has 3 aromatic heterocycles. The number of hydrogen-bond donors (Lipinski definition) is 0. The zero-order chi connectivity index (χ0) is 20.4. The minimum absolute atomic E-state index is 0.0219. The second-order valence-electron chi connectivity index (χ2n) is 5.89. The Morgan fingerprint density at radius 2 is 1.97 bits per heavy atom. The highest BCUT2D eigenvalue weighted by Crippen LogP contribution is 2.31. The molecule has 6 nitrogen and oxygen atoms in total. The van der Waals surface area contributed by atoms with Gasteiger partial charge < -0.3 is 13.8 Å². The van der Waals surface area contributed by atoms with E-state index in [1.54, 1.807) is 28.4 Å². The van der Waals surface area contributed by atoms with Crippen LogP contribution in [-0.2, 0) is 17.5 Å². The van der Waals surface area contributed by atoms with E-state index in [1.807, 2.05) is 12.1 Å². The van der Waals surface area contributed by atoms with E-state index < -0.39 is 17.7 Å². The molecule has 0 N–H and O–H groups in total. The average molecular weight is 419 g/mol. The molecule has 0 fully saturated rings. The molecular weight excluding hydrogens is 407 g/mol. The van der Waals surface area contributed by atoms with Gasteiger partial charge >= 0.3 is 12.1 Å². The number of rotatable bonds is 5. The van der Waals surface area contributed by atoms with Crippen molar-refractivity contribution in [2.24, 2.45) is 0 Å². The van der Waals surface area contributed by atoms with Gasteiger partial charge in [-0.15, -0.1) is 11.3 Å². The quantitative estimate of drug-likeness (QED) is 0.428. The number of nitrogens with zero attached hydrogens (tertiary/aromatic N) is 3. The van der Waals surface area contributed by atoms with E-state index in [2.05, 4.69) is 10.1 Å². The molecule has 0 bridgehead atoms. The maximum Gasteiger partial charge on any atom is 0.416 e. The predicted molar refractivity (Wildman–Crippen MR) is 97.5 cm³/mol. The summed E-state index contributed by atoms with van der Waals surface area (Å²) in [6, 6.07) is 10.0. The zero-order valence-electron chi connectivity index (χ0n) is 14.6. The minimum Gasteiger partial charge on any atom is -0.451 e. The van der Waals surface area contributed by atoms with Crippen LogP contribution >= 0.6 is 11.3 Å². The molecule has 0 aliphatic heterocycles. The molecule has 1 aromatic carbocycles. The van der Waals surface area contributed by atoms with E-state index in [9.17, 15) is 18.0 Å². The van der Waals surface area contributed by atoms with Gasteiger partial charge in [0.15, 0.2) is 6.61 Å². The molecule has 0 saturated heterocycles. The van der Waals surface area contributed by atoms with Crippen molar-refractivity contribution in [3.63, 3.8) is 0 Å². The fourth-order valence-corrected chi connectivity index (χ4v) is 3.39. The van der Waals surface area contributed by atoms with E-state index in [4.69, 9.17) is 9.26 Å². The van der Waals surface area contributed by atoms with Gasteiger partial charge in [-0.1, -0.05) is 17.3 Å². The van der Waals surface area contributed by atoms with Crippen molar-refractivity contribution < 1.29 is 27.2 Å².